The fourth-order valence-electron chi connectivity index (χ4n) is 1.04. The van der Waals surface area contributed by atoms with Gasteiger partial charge in [0.25, 0.3) is 5.91 Å². The number of hydrazone groups is 1. The van der Waals surface area contributed by atoms with Crippen molar-refractivity contribution in [3.8, 4) is 17.2 Å². The zero-order valence-corrected chi connectivity index (χ0v) is 9.24. The summed E-state index contributed by atoms with van der Waals surface area (Å²) >= 11 is 0. The van der Waals surface area contributed by atoms with Gasteiger partial charge in [-0.1, -0.05) is 0 Å². The topological polar surface area (TPSA) is 148 Å². The lowest BCUT2D eigenvalue weighted by Crippen LogP contribution is -2.40. The van der Waals surface area contributed by atoms with Crippen LogP contribution in [0.2, 0.25) is 0 Å². The average Bonchev–Trinajstić information content (AvgIpc) is 2.34. The SMILES string of the molecule is NC(CO)C(=O)N/N=C/c1cc(O)c(O)c(O)c1. The minimum atomic E-state index is -1.08. The molecule has 8 nitrogen and oxygen atoms in total. The number of benzene rings is 1. The smallest absolute Gasteiger partial charge is 0.259 e. The minimum Gasteiger partial charge on any atom is -0.504 e. The summed E-state index contributed by atoms with van der Waals surface area (Å²) in [6, 6.07) is 1.19. The van der Waals surface area contributed by atoms with Crippen LogP contribution in [0, 0.1) is 0 Å². The van der Waals surface area contributed by atoms with Crippen molar-refractivity contribution in [3.05, 3.63) is 17.7 Å². The highest BCUT2D eigenvalue weighted by atomic mass is 16.3. The van der Waals surface area contributed by atoms with Crippen molar-refractivity contribution >= 4 is 12.1 Å². The Kier molecular flexibility index (Phi) is 4.46. The molecule has 0 aliphatic rings. The van der Waals surface area contributed by atoms with E-state index in [9.17, 15) is 15.0 Å². The number of phenols is 3. The van der Waals surface area contributed by atoms with E-state index in [4.69, 9.17) is 15.9 Å². The van der Waals surface area contributed by atoms with Gasteiger partial charge in [-0.15, -0.1) is 0 Å². The van der Waals surface area contributed by atoms with Crippen molar-refractivity contribution < 1.29 is 25.2 Å². The van der Waals surface area contributed by atoms with Crippen molar-refractivity contribution in [1.29, 1.82) is 0 Å². The fraction of sp³-hybridized carbons (Fsp3) is 0.200. The van der Waals surface area contributed by atoms with Gasteiger partial charge in [0, 0.05) is 5.56 Å². The number of carbonyl (C=O) groups excluding carboxylic acids is 1. The molecular formula is C10H13N3O5. The van der Waals surface area contributed by atoms with Crippen molar-refractivity contribution in [2.45, 2.75) is 6.04 Å². The van der Waals surface area contributed by atoms with Gasteiger partial charge in [0.1, 0.15) is 6.04 Å². The molecule has 1 amide bonds. The van der Waals surface area contributed by atoms with Crippen LogP contribution in [0.4, 0.5) is 0 Å². The van der Waals surface area contributed by atoms with Crippen LogP contribution in [0.5, 0.6) is 17.2 Å². The largest absolute Gasteiger partial charge is 0.504 e. The molecule has 1 atom stereocenters. The Bertz CT molecular complexity index is 452. The van der Waals surface area contributed by atoms with Crippen LogP contribution in [-0.2, 0) is 4.79 Å². The minimum absolute atomic E-state index is 0.251. The molecule has 0 aliphatic heterocycles. The summed E-state index contributed by atoms with van der Waals surface area (Å²) in [4.78, 5) is 11.1. The maximum Gasteiger partial charge on any atom is 0.259 e. The van der Waals surface area contributed by atoms with Crippen molar-refractivity contribution in [3.63, 3.8) is 0 Å². The highest BCUT2D eigenvalue weighted by Crippen LogP contribution is 2.34. The Morgan fingerprint density at radius 2 is 1.94 bits per heavy atom. The van der Waals surface area contributed by atoms with E-state index in [2.05, 4.69) is 10.5 Å². The Morgan fingerprint density at radius 3 is 2.44 bits per heavy atom. The van der Waals surface area contributed by atoms with Crippen LogP contribution in [-0.4, -0.2) is 45.2 Å². The van der Waals surface area contributed by atoms with Crippen LogP contribution in [0.1, 0.15) is 5.56 Å². The van der Waals surface area contributed by atoms with E-state index in [0.29, 0.717) is 0 Å². The molecule has 7 N–H and O–H groups in total. The number of aromatic hydroxyl groups is 3. The lowest BCUT2D eigenvalue weighted by Gasteiger charge is -2.05. The second-order valence-electron chi connectivity index (χ2n) is 3.43. The summed E-state index contributed by atoms with van der Waals surface area (Å²) in [6.07, 6.45) is 1.13. The molecule has 1 rings (SSSR count). The highest BCUT2D eigenvalue weighted by molar-refractivity contribution is 5.85. The van der Waals surface area contributed by atoms with Crippen molar-refractivity contribution in [2.75, 3.05) is 6.61 Å². The number of hydrogen-bond donors (Lipinski definition) is 6. The van der Waals surface area contributed by atoms with Crippen LogP contribution in [0.3, 0.4) is 0 Å². The van der Waals surface area contributed by atoms with E-state index in [1.165, 1.54) is 0 Å². The van der Waals surface area contributed by atoms with E-state index < -0.39 is 35.8 Å². The van der Waals surface area contributed by atoms with Crippen molar-refractivity contribution in [2.24, 2.45) is 10.8 Å². The lowest BCUT2D eigenvalue weighted by atomic mass is 10.2. The second kappa shape index (κ2) is 5.84. The predicted molar refractivity (Wildman–Crippen MR) is 62.2 cm³/mol. The summed E-state index contributed by atoms with van der Waals surface area (Å²) in [5.41, 5.74) is 7.52. The maximum absolute atomic E-state index is 11.1. The molecule has 0 radical (unpaired) electrons. The molecule has 0 aromatic heterocycles. The standard InChI is InChI=1S/C10H13N3O5/c11-6(4-14)10(18)13-12-3-5-1-7(15)9(17)8(16)2-5/h1-3,6,14-17H,4,11H2,(H,13,18)/b12-3+. The number of nitrogens with one attached hydrogen (secondary N) is 1. The quantitative estimate of drug-likeness (QED) is 0.221. The summed E-state index contributed by atoms with van der Waals surface area (Å²) in [7, 11) is 0. The third kappa shape index (κ3) is 3.34. The second-order valence-corrected chi connectivity index (χ2v) is 3.43. The van der Waals surface area contributed by atoms with Crippen molar-refractivity contribution in [1.82, 2.24) is 5.43 Å². The Labute approximate surface area is 102 Å². The van der Waals surface area contributed by atoms with E-state index in [-0.39, 0.29) is 5.56 Å². The lowest BCUT2D eigenvalue weighted by molar-refractivity contribution is -0.123. The number of amides is 1. The molecule has 0 heterocycles. The molecule has 1 aromatic rings. The number of aliphatic hydroxyl groups excluding tert-OH is 1. The first-order valence-corrected chi connectivity index (χ1v) is 4.90. The summed E-state index contributed by atoms with van der Waals surface area (Å²) in [5, 5.41) is 39.6. The van der Waals surface area contributed by atoms with Gasteiger partial charge < -0.3 is 26.2 Å². The summed E-state index contributed by atoms with van der Waals surface area (Å²) < 4.78 is 0. The number of rotatable bonds is 4. The number of aliphatic hydroxyl groups is 1. The van der Waals surface area contributed by atoms with Crippen LogP contribution in [0.25, 0.3) is 0 Å². The van der Waals surface area contributed by atoms with Crippen LogP contribution in [0.15, 0.2) is 17.2 Å². The third-order valence-electron chi connectivity index (χ3n) is 2.01. The fourth-order valence-corrected chi connectivity index (χ4v) is 1.04. The predicted octanol–water partition coefficient (Wildman–Crippen LogP) is -1.43. The molecule has 0 bridgehead atoms. The number of hydrogen-bond acceptors (Lipinski definition) is 7. The zero-order chi connectivity index (χ0) is 13.7. The number of carbonyl (C=O) groups is 1. The Balaban J connectivity index is 2.71. The van der Waals surface area contributed by atoms with E-state index in [1.807, 2.05) is 0 Å². The molecule has 8 heteroatoms. The molecule has 0 saturated carbocycles. The first-order chi connectivity index (χ1) is 8.45. The van der Waals surface area contributed by atoms with Gasteiger partial charge in [0.15, 0.2) is 17.2 Å². The molecule has 0 saturated heterocycles. The molecule has 0 spiro atoms. The molecule has 1 aromatic carbocycles. The number of nitrogens with two attached hydrogens (primary N) is 1. The van der Waals surface area contributed by atoms with Crippen LogP contribution < -0.4 is 11.2 Å². The van der Waals surface area contributed by atoms with Crippen LogP contribution >= 0.6 is 0 Å². The highest BCUT2D eigenvalue weighted by Gasteiger charge is 2.10. The summed E-state index contributed by atoms with van der Waals surface area (Å²) in [5.74, 6) is -2.36. The van der Waals surface area contributed by atoms with Gasteiger partial charge in [-0.3, -0.25) is 4.79 Å². The maximum atomic E-state index is 11.1. The molecule has 1 unspecified atom stereocenters. The monoisotopic (exact) mass is 255 g/mol. The number of nitrogens with zero attached hydrogens (tertiary/aromatic N) is 1. The van der Waals surface area contributed by atoms with E-state index >= 15 is 0 Å². The van der Waals surface area contributed by atoms with Gasteiger partial charge in [0.2, 0.25) is 0 Å². The van der Waals surface area contributed by atoms with Gasteiger partial charge in [-0.2, -0.15) is 5.10 Å². The molecular weight excluding hydrogens is 242 g/mol. The molecule has 18 heavy (non-hydrogen) atoms. The first-order valence-electron chi connectivity index (χ1n) is 4.90. The Morgan fingerprint density at radius 1 is 1.39 bits per heavy atom. The van der Waals surface area contributed by atoms with Gasteiger partial charge >= 0.3 is 0 Å². The third-order valence-corrected chi connectivity index (χ3v) is 2.01. The number of phenolic OH excluding ortho intramolecular Hbond substituents is 3. The molecule has 0 aliphatic carbocycles. The first kappa shape index (κ1) is 13.7. The van der Waals surface area contributed by atoms with Gasteiger partial charge in [-0.25, -0.2) is 5.43 Å². The molecule has 98 valence electrons. The Hall–Kier alpha value is -2.32. The van der Waals surface area contributed by atoms with Gasteiger partial charge in [0.05, 0.1) is 12.8 Å². The van der Waals surface area contributed by atoms with E-state index in [0.717, 1.165) is 18.3 Å². The van der Waals surface area contributed by atoms with E-state index in [1.54, 1.807) is 0 Å². The summed E-state index contributed by atoms with van der Waals surface area (Å²) in [6.45, 7) is -0.512. The van der Waals surface area contributed by atoms with Gasteiger partial charge in [-0.05, 0) is 12.1 Å². The molecule has 0 fully saturated rings. The average molecular weight is 255 g/mol. The zero-order valence-electron chi connectivity index (χ0n) is 9.24. The normalized spacial score (nSPS) is 12.6.